The highest BCUT2D eigenvalue weighted by molar-refractivity contribution is 8.04. The SMILES string of the molecule is CC(N=C(N)N)C(=O)Nc1nsc(SC2=C(C(=O)O)N3C(=O)[C@H]([C@@H](C)O)[C@H]3[C@H]2C)n1. The van der Waals surface area contributed by atoms with Crippen molar-refractivity contribution in [3.8, 4) is 0 Å². The fourth-order valence-corrected chi connectivity index (χ4v) is 5.39. The molecule has 2 aliphatic heterocycles. The number of rotatable bonds is 7. The van der Waals surface area contributed by atoms with E-state index in [9.17, 15) is 24.6 Å². The predicted molar refractivity (Wildman–Crippen MR) is 109 cm³/mol. The van der Waals surface area contributed by atoms with Gasteiger partial charge in [0.15, 0.2) is 10.3 Å². The number of hydrogen-bond acceptors (Lipinski definition) is 9. The predicted octanol–water partition coefficient (Wildman–Crippen LogP) is -0.616. The van der Waals surface area contributed by atoms with Gasteiger partial charge in [-0.3, -0.25) is 14.9 Å². The number of aromatic nitrogens is 2. The lowest BCUT2D eigenvalue weighted by Gasteiger charge is -2.46. The van der Waals surface area contributed by atoms with Gasteiger partial charge in [0.1, 0.15) is 11.7 Å². The minimum atomic E-state index is -1.23. The van der Waals surface area contributed by atoms with Gasteiger partial charge in [-0.1, -0.05) is 18.7 Å². The molecule has 0 bridgehead atoms. The van der Waals surface area contributed by atoms with E-state index in [-0.39, 0.29) is 23.5 Å². The van der Waals surface area contributed by atoms with Crippen molar-refractivity contribution < 1.29 is 24.6 Å². The first-order valence-electron chi connectivity index (χ1n) is 8.92. The zero-order chi connectivity index (χ0) is 22.3. The van der Waals surface area contributed by atoms with Gasteiger partial charge in [-0.2, -0.15) is 9.36 Å². The minimum absolute atomic E-state index is 0.0366. The van der Waals surface area contributed by atoms with Crippen LogP contribution in [0.2, 0.25) is 0 Å². The standard InChI is InChI=1S/C16H21N7O5S2/c1-4-8-7(6(3)24)12(26)23(8)9(13(27)28)10(4)29-16-21-15(22-30-16)20-11(25)5(2)19-14(17)18/h4-8,24H,1-3H3,(H,27,28)(H4,17,18,19)(H,20,22,25)/t4-,5?,6-,7-,8-/m1/s1. The topological polar surface area (TPSA) is 197 Å². The summed E-state index contributed by atoms with van der Waals surface area (Å²) in [6, 6.07) is -1.25. The number of aliphatic imine (C=N–C) groups is 1. The number of carbonyl (C=O) groups is 3. The Hall–Kier alpha value is -2.71. The molecule has 1 saturated heterocycles. The lowest BCUT2D eigenvalue weighted by atomic mass is 9.79. The molecule has 14 heteroatoms. The number of amides is 2. The van der Waals surface area contributed by atoms with E-state index in [2.05, 4.69) is 19.7 Å². The van der Waals surface area contributed by atoms with Gasteiger partial charge in [0, 0.05) is 10.8 Å². The van der Waals surface area contributed by atoms with Gasteiger partial charge in [0.25, 0.3) is 5.91 Å². The average Bonchev–Trinajstić information content (AvgIpc) is 3.16. The number of carboxylic acid groups (broad SMARTS) is 1. The first-order valence-corrected chi connectivity index (χ1v) is 10.5. The number of guanidine groups is 1. The molecule has 12 nitrogen and oxygen atoms in total. The summed E-state index contributed by atoms with van der Waals surface area (Å²) in [4.78, 5) is 45.9. The summed E-state index contributed by atoms with van der Waals surface area (Å²) in [7, 11) is 0. The molecule has 1 aromatic heterocycles. The molecule has 3 heterocycles. The van der Waals surface area contributed by atoms with Crippen molar-refractivity contribution in [2.45, 2.75) is 43.3 Å². The van der Waals surface area contributed by atoms with E-state index in [0.717, 1.165) is 23.3 Å². The average molecular weight is 456 g/mol. The number of aliphatic hydroxyl groups excluding tert-OH is 1. The van der Waals surface area contributed by atoms with E-state index in [1.807, 2.05) is 0 Å². The monoisotopic (exact) mass is 455 g/mol. The second-order valence-corrected chi connectivity index (χ2v) is 9.02. The number of nitrogens with two attached hydrogens (primary N) is 2. The van der Waals surface area contributed by atoms with Crippen LogP contribution >= 0.6 is 23.3 Å². The van der Waals surface area contributed by atoms with E-state index in [1.165, 1.54) is 18.7 Å². The molecule has 2 amide bonds. The second-order valence-electron chi connectivity index (χ2n) is 6.98. The molecule has 0 aromatic carbocycles. The Morgan fingerprint density at radius 1 is 1.37 bits per heavy atom. The molecule has 0 radical (unpaired) electrons. The van der Waals surface area contributed by atoms with Crippen molar-refractivity contribution in [3.63, 3.8) is 0 Å². The second kappa shape index (κ2) is 8.20. The van der Waals surface area contributed by atoms with E-state index in [1.54, 1.807) is 6.92 Å². The number of thioether (sulfide) groups is 1. The summed E-state index contributed by atoms with van der Waals surface area (Å²) in [6.45, 7) is 4.82. The number of hydrogen-bond donors (Lipinski definition) is 5. The third-order valence-corrected chi connectivity index (χ3v) is 6.91. The number of anilines is 1. The lowest BCUT2D eigenvalue weighted by Crippen LogP contribution is -2.63. The summed E-state index contributed by atoms with van der Waals surface area (Å²) >= 11 is 2.05. The highest BCUT2D eigenvalue weighted by atomic mass is 32.2. The smallest absolute Gasteiger partial charge is 0.353 e. The Balaban J connectivity index is 1.78. The Bertz CT molecular complexity index is 956. The molecule has 0 spiro atoms. The summed E-state index contributed by atoms with van der Waals surface area (Å²) in [5.41, 5.74) is 10.4. The number of β-lactam (4-membered cyclic amide) rings is 1. The van der Waals surface area contributed by atoms with E-state index < -0.39 is 41.9 Å². The van der Waals surface area contributed by atoms with E-state index in [4.69, 9.17) is 11.5 Å². The van der Waals surface area contributed by atoms with Crippen LogP contribution in [0.15, 0.2) is 19.9 Å². The van der Waals surface area contributed by atoms with Gasteiger partial charge in [-0.25, -0.2) is 9.79 Å². The van der Waals surface area contributed by atoms with Crippen molar-refractivity contribution in [1.29, 1.82) is 0 Å². The number of nitrogens with one attached hydrogen (secondary N) is 1. The number of fused-ring (bicyclic) bond motifs is 1. The molecular weight excluding hydrogens is 434 g/mol. The van der Waals surface area contributed by atoms with Gasteiger partial charge in [-0.15, -0.1) is 0 Å². The van der Waals surface area contributed by atoms with Gasteiger partial charge in [0.05, 0.1) is 18.1 Å². The minimum Gasteiger partial charge on any atom is -0.477 e. The largest absolute Gasteiger partial charge is 0.477 e. The number of aliphatic hydroxyl groups is 1. The Morgan fingerprint density at radius 3 is 2.60 bits per heavy atom. The molecule has 1 unspecified atom stereocenters. The fourth-order valence-electron chi connectivity index (χ4n) is 3.55. The summed E-state index contributed by atoms with van der Waals surface area (Å²) in [5, 5.41) is 22.0. The molecule has 0 aliphatic carbocycles. The van der Waals surface area contributed by atoms with Crippen LogP contribution in [-0.4, -0.2) is 66.4 Å². The van der Waals surface area contributed by atoms with Crippen molar-refractivity contribution in [3.05, 3.63) is 10.6 Å². The summed E-state index contributed by atoms with van der Waals surface area (Å²) < 4.78 is 4.44. The maximum absolute atomic E-state index is 12.4. The molecule has 7 N–H and O–H groups in total. The molecule has 1 fully saturated rings. The van der Waals surface area contributed by atoms with Crippen LogP contribution in [0.5, 0.6) is 0 Å². The van der Waals surface area contributed by atoms with Crippen molar-refractivity contribution in [2.75, 3.05) is 5.32 Å². The van der Waals surface area contributed by atoms with Crippen LogP contribution in [0.4, 0.5) is 5.95 Å². The van der Waals surface area contributed by atoms with Crippen LogP contribution in [0.3, 0.4) is 0 Å². The zero-order valence-corrected chi connectivity index (χ0v) is 17.9. The van der Waals surface area contributed by atoms with Crippen LogP contribution in [0.25, 0.3) is 0 Å². The van der Waals surface area contributed by atoms with Crippen LogP contribution in [0, 0.1) is 11.8 Å². The number of carboxylic acids is 1. The fraction of sp³-hybridized carbons (Fsp3) is 0.500. The first kappa shape index (κ1) is 22.0. The first-order chi connectivity index (χ1) is 14.0. The molecular formula is C16H21N7O5S2. The Kier molecular flexibility index (Phi) is 6.01. The number of aliphatic carboxylic acids is 1. The van der Waals surface area contributed by atoms with Gasteiger partial charge < -0.3 is 26.6 Å². The Morgan fingerprint density at radius 2 is 2.03 bits per heavy atom. The van der Waals surface area contributed by atoms with Crippen LogP contribution in [0.1, 0.15) is 20.8 Å². The Labute approximate surface area is 179 Å². The van der Waals surface area contributed by atoms with Crippen molar-refractivity contribution in [2.24, 2.45) is 28.3 Å². The summed E-state index contributed by atoms with van der Waals surface area (Å²) in [6.07, 6.45) is -0.879. The summed E-state index contributed by atoms with van der Waals surface area (Å²) in [5.74, 6) is -3.28. The molecule has 5 atom stereocenters. The molecule has 1 aromatic rings. The third-order valence-electron chi connectivity index (χ3n) is 4.87. The normalized spacial score (nSPS) is 24.7. The van der Waals surface area contributed by atoms with Crippen LogP contribution in [-0.2, 0) is 14.4 Å². The number of nitrogens with zero attached hydrogens (tertiary/aromatic N) is 4. The zero-order valence-electron chi connectivity index (χ0n) is 16.3. The molecule has 30 heavy (non-hydrogen) atoms. The van der Waals surface area contributed by atoms with Crippen molar-refractivity contribution in [1.82, 2.24) is 14.3 Å². The highest BCUT2D eigenvalue weighted by Crippen LogP contribution is 2.52. The lowest BCUT2D eigenvalue weighted by molar-refractivity contribution is -0.163. The van der Waals surface area contributed by atoms with E-state index in [0.29, 0.717) is 9.24 Å². The highest BCUT2D eigenvalue weighted by Gasteiger charge is 2.60. The molecule has 162 valence electrons. The van der Waals surface area contributed by atoms with Gasteiger partial charge in [0.2, 0.25) is 11.9 Å². The third kappa shape index (κ3) is 3.85. The quantitative estimate of drug-likeness (QED) is 0.201. The van der Waals surface area contributed by atoms with Crippen LogP contribution < -0.4 is 16.8 Å². The maximum Gasteiger partial charge on any atom is 0.353 e. The molecule has 2 aliphatic rings. The number of carbonyl (C=O) groups excluding carboxylic acids is 2. The molecule has 3 rings (SSSR count). The molecule has 0 saturated carbocycles. The van der Waals surface area contributed by atoms with E-state index >= 15 is 0 Å². The van der Waals surface area contributed by atoms with Crippen molar-refractivity contribution >= 4 is 53.0 Å². The van der Waals surface area contributed by atoms with Gasteiger partial charge in [-0.05, 0) is 25.4 Å². The maximum atomic E-state index is 12.4. The van der Waals surface area contributed by atoms with Gasteiger partial charge >= 0.3 is 5.97 Å².